The molecule has 5 nitrogen and oxygen atoms in total. The number of carboxylic acids is 1. The lowest BCUT2D eigenvalue weighted by atomic mass is 10.2. The lowest BCUT2D eigenvalue weighted by molar-refractivity contribution is -0.143. The van der Waals surface area contributed by atoms with Crippen molar-refractivity contribution in [3.05, 3.63) is 0 Å². The molecule has 0 aromatic rings. The second kappa shape index (κ2) is 6.05. The molecule has 0 saturated carbocycles. The molecular formula is C10H21N3O2. The zero-order valence-corrected chi connectivity index (χ0v) is 9.35. The Labute approximate surface area is 90.8 Å². The van der Waals surface area contributed by atoms with Crippen LogP contribution < -0.4 is 5.73 Å². The number of hydrogen-bond donors (Lipinski definition) is 2. The Balaban J connectivity index is 2.38. The van der Waals surface area contributed by atoms with E-state index in [1.165, 1.54) is 0 Å². The molecule has 1 saturated heterocycles. The summed E-state index contributed by atoms with van der Waals surface area (Å²) < 4.78 is 0. The molecule has 0 radical (unpaired) electrons. The first-order valence-electron chi connectivity index (χ1n) is 5.58. The van der Waals surface area contributed by atoms with Gasteiger partial charge in [-0.3, -0.25) is 9.69 Å². The monoisotopic (exact) mass is 215 g/mol. The summed E-state index contributed by atoms with van der Waals surface area (Å²) in [6.45, 7) is 7.00. The van der Waals surface area contributed by atoms with E-state index in [0.717, 1.165) is 39.1 Å². The number of carboxylic acid groups (broad SMARTS) is 1. The van der Waals surface area contributed by atoms with E-state index in [9.17, 15) is 4.79 Å². The fraction of sp³-hybridized carbons (Fsp3) is 0.900. The third-order valence-corrected chi connectivity index (χ3v) is 2.90. The van der Waals surface area contributed by atoms with E-state index in [-0.39, 0.29) is 6.54 Å². The van der Waals surface area contributed by atoms with Crippen LogP contribution in [0.15, 0.2) is 0 Å². The van der Waals surface area contributed by atoms with Gasteiger partial charge in [0.2, 0.25) is 0 Å². The van der Waals surface area contributed by atoms with E-state index in [1.54, 1.807) is 0 Å². The Bertz CT molecular complexity index is 203. The number of nitrogens with zero attached hydrogens (tertiary/aromatic N) is 2. The van der Waals surface area contributed by atoms with Crippen molar-refractivity contribution < 1.29 is 9.90 Å². The average Bonchev–Trinajstić information content (AvgIpc) is 2.21. The molecule has 1 fully saturated rings. The summed E-state index contributed by atoms with van der Waals surface area (Å²) in [7, 11) is 0. The van der Waals surface area contributed by atoms with Crippen molar-refractivity contribution in [2.45, 2.75) is 19.4 Å². The van der Waals surface area contributed by atoms with Gasteiger partial charge in [-0.15, -0.1) is 0 Å². The van der Waals surface area contributed by atoms with E-state index in [4.69, 9.17) is 10.8 Å². The van der Waals surface area contributed by atoms with Gasteiger partial charge >= 0.3 is 5.97 Å². The van der Waals surface area contributed by atoms with E-state index in [2.05, 4.69) is 11.8 Å². The molecule has 0 aliphatic carbocycles. The van der Waals surface area contributed by atoms with Crippen molar-refractivity contribution in [1.29, 1.82) is 0 Å². The largest absolute Gasteiger partial charge is 0.480 e. The summed E-state index contributed by atoms with van der Waals surface area (Å²) in [6.07, 6.45) is 1.15. The summed E-state index contributed by atoms with van der Waals surface area (Å²) in [5.41, 5.74) is 5.46. The lowest BCUT2D eigenvalue weighted by Crippen LogP contribution is -2.55. The molecule has 1 unspecified atom stereocenters. The van der Waals surface area contributed by atoms with Crippen LogP contribution in [-0.4, -0.2) is 66.2 Å². The maximum atomic E-state index is 10.9. The maximum absolute atomic E-state index is 10.9. The van der Waals surface area contributed by atoms with Crippen LogP contribution in [0.5, 0.6) is 0 Å². The minimum Gasteiger partial charge on any atom is -0.480 e. The van der Waals surface area contributed by atoms with Crippen molar-refractivity contribution >= 4 is 5.97 Å². The molecule has 1 aliphatic heterocycles. The molecule has 1 atom stereocenters. The number of piperazine rings is 1. The highest BCUT2D eigenvalue weighted by atomic mass is 16.4. The van der Waals surface area contributed by atoms with Crippen molar-refractivity contribution in [1.82, 2.24) is 9.80 Å². The van der Waals surface area contributed by atoms with Crippen LogP contribution in [0.4, 0.5) is 0 Å². The summed E-state index contributed by atoms with van der Waals surface area (Å²) in [5.74, 6) is -0.804. The van der Waals surface area contributed by atoms with Crippen LogP contribution in [0.2, 0.25) is 0 Å². The fourth-order valence-corrected chi connectivity index (χ4v) is 2.02. The molecule has 1 aliphatic rings. The molecule has 1 rings (SSSR count). The number of hydrogen-bond acceptors (Lipinski definition) is 4. The molecule has 3 N–H and O–H groups in total. The first-order chi connectivity index (χ1) is 7.19. The van der Waals surface area contributed by atoms with Gasteiger partial charge in [-0.2, -0.15) is 0 Å². The number of rotatable bonds is 5. The highest BCUT2D eigenvalue weighted by Gasteiger charge is 2.27. The van der Waals surface area contributed by atoms with E-state index in [0.29, 0.717) is 0 Å². The highest BCUT2D eigenvalue weighted by Crippen LogP contribution is 2.06. The molecule has 5 heteroatoms. The van der Waals surface area contributed by atoms with Gasteiger partial charge in [0.25, 0.3) is 0 Å². The number of nitrogens with two attached hydrogens (primary N) is 1. The Morgan fingerprint density at radius 1 is 1.40 bits per heavy atom. The van der Waals surface area contributed by atoms with E-state index < -0.39 is 12.0 Å². The Morgan fingerprint density at radius 2 is 2.00 bits per heavy atom. The first kappa shape index (κ1) is 12.4. The van der Waals surface area contributed by atoms with Crippen LogP contribution in [-0.2, 0) is 4.79 Å². The van der Waals surface area contributed by atoms with Gasteiger partial charge in [-0.1, -0.05) is 6.92 Å². The Hall–Kier alpha value is -0.650. The summed E-state index contributed by atoms with van der Waals surface area (Å²) >= 11 is 0. The normalized spacial score (nSPS) is 21.5. The first-order valence-corrected chi connectivity index (χ1v) is 5.58. The highest BCUT2D eigenvalue weighted by molar-refractivity contribution is 5.73. The smallest absolute Gasteiger partial charge is 0.322 e. The van der Waals surface area contributed by atoms with Crippen LogP contribution in [0.1, 0.15) is 13.3 Å². The van der Waals surface area contributed by atoms with Crippen molar-refractivity contribution in [2.24, 2.45) is 5.73 Å². The predicted octanol–water partition coefficient (Wildman–Crippen LogP) is -0.574. The van der Waals surface area contributed by atoms with Gasteiger partial charge in [-0.25, -0.2) is 0 Å². The quantitative estimate of drug-likeness (QED) is 0.642. The zero-order valence-electron chi connectivity index (χ0n) is 9.35. The molecule has 15 heavy (non-hydrogen) atoms. The molecule has 0 bridgehead atoms. The summed E-state index contributed by atoms with van der Waals surface area (Å²) in [5, 5.41) is 8.96. The van der Waals surface area contributed by atoms with Crippen LogP contribution in [0, 0.1) is 0 Å². The maximum Gasteiger partial charge on any atom is 0.322 e. The zero-order chi connectivity index (χ0) is 11.3. The topological polar surface area (TPSA) is 69.8 Å². The second-order valence-electron chi connectivity index (χ2n) is 3.97. The Morgan fingerprint density at radius 3 is 2.40 bits per heavy atom. The van der Waals surface area contributed by atoms with E-state index in [1.807, 2.05) is 4.90 Å². The fourth-order valence-electron chi connectivity index (χ4n) is 2.02. The second-order valence-corrected chi connectivity index (χ2v) is 3.97. The standard InChI is InChI=1S/C10H21N3O2/c1-2-3-12-4-6-13(7-5-12)9(8-11)10(14)15/h9H,2-8,11H2,1H3,(H,14,15). The molecule has 0 amide bonds. The third kappa shape index (κ3) is 3.44. The Kier molecular flexibility index (Phi) is 5.01. The van der Waals surface area contributed by atoms with Crippen molar-refractivity contribution in [3.63, 3.8) is 0 Å². The molecule has 1 heterocycles. The summed E-state index contributed by atoms with van der Waals surface area (Å²) in [4.78, 5) is 15.2. The molecule has 0 aromatic carbocycles. The van der Waals surface area contributed by atoms with Crippen LogP contribution >= 0.6 is 0 Å². The van der Waals surface area contributed by atoms with Gasteiger partial charge in [0.15, 0.2) is 0 Å². The van der Waals surface area contributed by atoms with Crippen LogP contribution in [0.3, 0.4) is 0 Å². The number of carbonyl (C=O) groups is 1. The lowest BCUT2D eigenvalue weighted by Gasteiger charge is -2.37. The van der Waals surface area contributed by atoms with Crippen molar-refractivity contribution in [2.75, 3.05) is 39.3 Å². The number of aliphatic carboxylic acids is 1. The SMILES string of the molecule is CCCN1CCN(C(CN)C(=O)O)CC1. The van der Waals surface area contributed by atoms with Gasteiger partial charge in [0.1, 0.15) is 6.04 Å². The minimum atomic E-state index is -0.804. The molecule has 0 aromatic heterocycles. The van der Waals surface area contributed by atoms with Gasteiger partial charge in [0, 0.05) is 32.7 Å². The predicted molar refractivity (Wildman–Crippen MR) is 58.8 cm³/mol. The molecule has 0 spiro atoms. The average molecular weight is 215 g/mol. The van der Waals surface area contributed by atoms with Crippen molar-refractivity contribution in [3.8, 4) is 0 Å². The van der Waals surface area contributed by atoms with E-state index >= 15 is 0 Å². The van der Waals surface area contributed by atoms with Gasteiger partial charge in [-0.05, 0) is 13.0 Å². The minimum absolute atomic E-state index is 0.198. The molecular weight excluding hydrogens is 194 g/mol. The summed E-state index contributed by atoms with van der Waals surface area (Å²) in [6, 6.07) is -0.506. The molecule has 88 valence electrons. The van der Waals surface area contributed by atoms with Gasteiger partial charge < -0.3 is 15.7 Å². The van der Waals surface area contributed by atoms with Crippen LogP contribution in [0.25, 0.3) is 0 Å². The third-order valence-electron chi connectivity index (χ3n) is 2.90. The van der Waals surface area contributed by atoms with Gasteiger partial charge in [0.05, 0.1) is 0 Å².